The molecule has 1 heterocycles. The van der Waals surface area contributed by atoms with Crippen molar-refractivity contribution in [3.63, 3.8) is 0 Å². The summed E-state index contributed by atoms with van der Waals surface area (Å²) in [6, 6.07) is 12.5. The standard InChI is InChI=1S/C19H20FN3S/c1-24-19(21)17-6-5-14(13-7-9-22-10-8-13)11-18(17)23-16-4-2-3-15(20)12-16/h2-7,11-12,21-23H,8-10H2,1H3. The van der Waals surface area contributed by atoms with Gasteiger partial charge in [0.25, 0.3) is 0 Å². The molecule has 0 saturated carbocycles. The van der Waals surface area contributed by atoms with Crippen LogP contribution in [0.1, 0.15) is 17.5 Å². The summed E-state index contributed by atoms with van der Waals surface area (Å²) in [5.74, 6) is -0.279. The molecule has 1 aliphatic heterocycles. The first-order valence-corrected chi connectivity index (χ1v) is 9.09. The normalized spacial score (nSPS) is 14.2. The molecule has 3 N–H and O–H groups in total. The van der Waals surface area contributed by atoms with Crippen molar-refractivity contribution in [2.24, 2.45) is 0 Å². The van der Waals surface area contributed by atoms with Crippen molar-refractivity contribution in [3.8, 4) is 0 Å². The van der Waals surface area contributed by atoms with Crippen molar-refractivity contribution in [1.82, 2.24) is 5.32 Å². The molecule has 0 aromatic heterocycles. The van der Waals surface area contributed by atoms with Crippen LogP contribution in [0.2, 0.25) is 0 Å². The molecule has 2 aromatic carbocycles. The lowest BCUT2D eigenvalue weighted by Gasteiger charge is -2.18. The molecule has 0 atom stereocenters. The maximum absolute atomic E-state index is 13.5. The molecule has 24 heavy (non-hydrogen) atoms. The van der Waals surface area contributed by atoms with E-state index in [4.69, 9.17) is 5.41 Å². The Labute approximate surface area is 145 Å². The van der Waals surface area contributed by atoms with E-state index in [1.807, 2.05) is 18.4 Å². The molecule has 3 rings (SSSR count). The largest absolute Gasteiger partial charge is 0.355 e. The van der Waals surface area contributed by atoms with Gasteiger partial charge < -0.3 is 10.6 Å². The third-order valence-corrected chi connectivity index (χ3v) is 4.63. The van der Waals surface area contributed by atoms with Crippen LogP contribution in [0.5, 0.6) is 0 Å². The lowest BCUT2D eigenvalue weighted by Crippen LogP contribution is -2.20. The van der Waals surface area contributed by atoms with Crippen molar-refractivity contribution in [3.05, 3.63) is 65.5 Å². The Hall–Kier alpha value is -2.11. The number of hydrogen-bond acceptors (Lipinski definition) is 4. The van der Waals surface area contributed by atoms with E-state index in [2.05, 4.69) is 28.8 Å². The Kier molecular flexibility index (Phi) is 5.33. The van der Waals surface area contributed by atoms with Gasteiger partial charge in [-0.15, -0.1) is 11.8 Å². The topological polar surface area (TPSA) is 47.9 Å². The third-order valence-electron chi connectivity index (χ3n) is 4.01. The zero-order valence-electron chi connectivity index (χ0n) is 13.5. The fourth-order valence-electron chi connectivity index (χ4n) is 2.76. The number of benzene rings is 2. The zero-order valence-corrected chi connectivity index (χ0v) is 14.3. The number of rotatable bonds is 4. The highest BCUT2D eigenvalue weighted by molar-refractivity contribution is 8.13. The Morgan fingerprint density at radius 3 is 2.83 bits per heavy atom. The summed E-state index contributed by atoms with van der Waals surface area (Å²) in [6.07, 6.45) is 5.07. The minimum Gasteiger partial charge on any atom is -0.355 e. The molecule has 0 bridgehead atoms. The van der Waals surface area contributed by atoms with Gasteiger partial charge in [0.2, 0.25) is 0 Å². The van der Waals surface area contributed by atoms with Crippen molar-refractivity contribution < 1.29 is 4.39 Å². The van der Waals surface area contributed by atoms with Crippen LogP contribution >= 0.6 is 11.8 Å². The fourth-order valence-corrected chi connectivity index (χ4v) is 3.16. The average molecular weight is 341 g/mol. The van der Waals surface area contributed by atoms with Crippen molar-refractivity contribution in [2.45, 2.75) is 6.42 Å². The summed E-state index contributed by atoms with van der Waals surface area (Å²) in [6.45, 7) is 1.85. The van der Waals surface area contributed by atoms with Crippen LogP contribution in [-0.2, 0) is 0 Å². The number of thioether (sulfide) groups is 1. The molecule has 0 fully saturated rings. The van der Waals surface area contributed by atoms with E-state index >= 15 is 0 Å². The smallest absolute Gasteiger partial charge is 0.125 e. The van der Waals surface area contributed by atoms with Gasteiger partial charge in [-0.3, -0.25) is 5.41 Å². The Morgan fingerprint density at radius 1 is 1.25 bits per heavy atom. The minimum absolute atomic E-state index is 0.279. The van der Waals surface area contributed by atoms with E-state index in [0.29, 0.717) is 10.7 Å². The summed E-state index contributed by atoms with van der Waals surface area (Å²) in [7, 11) is 0. The van der Waals surface area contributed by atoms with Crippen LogP contribution in [0.4, 0.5) is 15.8 Å². The number of hydrogen-bond donors (Lipinski definition) is 3. The predicted molar refractivity (Wildman–Crippen MR) is 102 cm³/mol. The molecular weight excluding hydrogens is 321 g/mol. The summed E-state index contributed by atoms with van der Waals surface area (Å²) in [5.41, 5.74) is 4.79. The van der Waals surface area contributed by atoms with E-state index in [9.17, 15) is 4.39 Å². The maximum Gasteiger partial charge on any atom is 0.125 e. The van der Waals surface area contributed by atoms with Gasteiger partial charge in [0.15, 0.2) is 0 Å². The van der Waals surface area contributed by atoms with Gasteiger partial charge in [0.1, 0.15) is 5.82 Å². The summed E-state index contributed by atoms with van der Waals surface area (Å²) in [5, 5.41) is 15.2. The Morgan fingerprint density at radius 2 is 2.12 bits per heavy atom. The molecule has 0 amide bonds. The number of halogens is 1. The maximum atomic E-state index is 13.5. The van der Waals surface area contributed by atoms with E-state index in [0.717, 1.165) is 36.3 Å². The molecule has 124 valence electrons. The van der Waals surface area contributed by atoms with Gasteiger partial charge in [0, 0.05) is 23.5 Å². The highest BCUT2D eigenvalue weighted by Gasteiger charge is 2.12. The van der Waals surface area contributed by atoms with Gasteiger partial charge in [0.05, 0.1) is 5.04 Å². The SMILES string of the molecule is CSC(=N)c1ccc(C2=CCNCC2)cc1Nc1cccc(F)c1. The van der Waals surface area contributed by atoms with Crippen molar-refractivity contribution in [2.75, 3.05) is 24.7 Å². The second-order valence-electron chi connectivity index (χ2n) is 5.61. The molecule has 0 radical (unpaired) electrons. The van der Waals surface area contributed by atoms with Gasteiger partial charge in [-0.25, -0.2) is 4.39 Å². The summed E-state index contributed by atoms with van der Waals surface area (Å²) < 4.78 is 13.5. The van der Waals surface area contributed by atoms with Crippen LogP contribution in [0.3, 0.4) is 0 Å². The monoisotopic (exact) mass is 341 g/mol. The summed E-state index contributed by atoms with van der Waals surface area (Å²) in [4.78, 5) is 0. The quantitative estimate of drug-likeness (QED) is 0.561. The molecule has 0 saturated heterocycles. The second-order valence-corrected chi connectivity index (χ2v) is 6.43. The first-order valence-electron chi connectivity index (χ1n) is 7.87. The Bertz CT molecular complexity index is 786. The zero-order chi connectivity index (χ0) is 16.9. The van der Waals surface area contributed by atoms with Crippen molar-refractivity contribution in [1.29, 1.82) is 5.41 Å². The molecule has 3 nitrogen and oxygen atoms in total. The molecule has 0 aliphatic carbocycles. The second kappa shape index (κ2) is 7.64. The minimum atomic E-state index is -0.279. The van der Waals surface area contributed by atoms with Gasteiger partial charge in [-0.1, -0.05) is 18.2 Å². The highest BCUT2D eigenvalue weighted by Crippen LogP contribution is 2.29. The number of anilines is 2. The predicted octanol–water partition coefficient (Wildman–Crippen LogP) is 4.63. The van der Waals surface area contributed by atoms with E-state index in [-0.39, 0.29) is 5.82 Å². The van der Waals surface area contributed by atoms with E-state index < -0.39 is 0 Å². The lowest BCUT2D eigenvalue weighted by atomic mass is 9.98. The van der Waals surface area contributed by atoms with Gasteiger partial charge >= 0.3 is 0 Å². The van der Waals surface area contributed by atoms with Crippen LogP contribution < -0.4 is 10.6 Å². The van der Waals surface area contributed by atoms with Crippen molar-refractivity contribution >= 4 is 33.8 Å². The van der Waals surface area contributed by atoms with Gasteiger partial charge in [-0.05, 0) is 60.7 Å². The average Bonchev–Trinajstić information content (AvgIpc) is 2.62. The van der Waals surface area contributed by atoms with Crippen LogP contribution in [0, 0.1) is 11.2 Å². The first kappa shape index (κ1) is 16.7. The van der Waals surface area contributed by atoms with Crippen LogP contribution in [-0.4, -0.2) is 24.4 Å². The van der Waals surface area contributed by atoms with Crippen LogP contribution in [0.25, 0.3) is 5.57 Å². The van der Waals surface area contributed by atoms with Gasteiger partial charge in [-0.2, -0.15) is 0 Å². The van der Waals surface area contributed by atoms with E-state index in [1.54, 1.807) is 6.07 Å². The van der Waals surface area contributed by atoms with Crippen LogP contribution in [0.15, 0.2) is 48.5 Å². The first-order chi connectivity index (χ1) is 11.7. The number of nitrogens with one attached hydrogen (secondary N) is 3. The molecule has 2 aromatic rings. The molecule has 5 heteroatoms. The molecule has 0 spiro atoms. The summed E-state index contributed by atoms with van der Waals surface area (Å²) >= 11 is 1.39. The highest BCUT2D eigenvalue weighted by atomic mass is 32.2. The lowest BCUT2D eigenvalue weighted by molar-refractivity contribution is 0.628. The molecule has 1 aliphatic rings. The Balaban J connectivity index is 1.99. The molecular formula is C19H20FN3S. The molecule has 0 unspecified atom stereocenters. The third kappa shape index (κ3) is 3.86. The fraction of sp³-hybridized carbons (Fsp3) is 0.211. The van der Waals surface area contributed by atoms with E-state index in [1.165, 1.54) is 29.5 Å².